The number of nitrogens with zero attached hydrogens (tertiary/aromatic N) is 1. The number of nitrogens with one attached hydrogen (secondary N) is 6. The summed E-state index contributed by atoms with van der Waals surface area (Å²) < 4.78 is 0. The lowest BCUT2D eigenvalue weighted by atomic mass is 10.0. The molecular weight excluding hydrogens is 678 g/mol. The molecule has 0 bridgehead atoms. The zero-order chi connectivity index (χ0) is 39.3. The Kier molecular flexibility index (Phi) is 21.7. The van der Waals surface area contributed by atoms with Gasteiger partial charge in [0.05, 0.1) is 12.6 Å². The summed E-state index contributed by atoms with van der Waals surface area (Å²) in [5, 5.41) is 42.0. The van der Waals surface area contributed by atoms with Crippen molar-refractivity contribution < 1.29 is 53.7 Å². The molecule has 0 saturated carbocycles. The number of carboxylic acids is 2. The molecule has 0 rings (SSSR count). The molecular formula is C29H53N11O11. The number of amides is 6. The third kappa shape index (κ3) is 19.0. The summed E-state index contributed by atoms with van der Waals surface area (Å²) in [6.45, 7) is 3.21. The highest BCUT2D eigenvalue weighted by Gasteiger charge is 2.32. The first kappa shape index (κ1) is 45.9. The topological polar surface area (TPSA) is 386 Å². The van der Waals surface area contributed by atoms with E-state index in [2.05, 4.69) is 36.9 Å². The predicted octanol–water partition coefficient (Wildman–Crippen LogP) is -5.59. The Hall–Kier alpha value is -5.09. The van der Waals surface area contributed by atoms with Gasteiger partial charge >= 0.3 is 11.9 Å². The first-order chi connectivity index (χ1) is 23.8. The zero-order valence-electron chi connectivity index (χ0n) is 29.0. The van der Waals surface area contributed by atoms with Crippen molar-refractivity contribution in [1.82, 2.24) is 31.9 Å². The predicted molar refractivity (Wildman–Crippen MR) is 181 cm³/mol. The third-order valence-corrected chi connectivity index (χ3v) is 7.15. The molecule has 0 saturated heterocycles. The molecule has 0 aromatic carbocycles. The van der Waals surface area contributed by atoms with Crippen molar-refractivity contribution in [3.8, 4) is 0 Å². The Morgan fingerprint density at radius 2 is 1.06 bits per heavy atom. The molecule has 51 heavy (non-hydrogen) atoms. The molecule has 0 aliphatic heterocycles. The van der Waals surface area contributed by atoms with Gasteiger partial charge < -0.3 is 70.2 Å². The van der Waals surface area contributed by atoms with Crippen molar-refractivity contribution in [1.29, 1.82) is 0 Å². The van der Waals surface area contributed by atoms with Gasteiger partial charge in [-0.3, -0.25) is 43.3 Å². The number of rotatable bonds is 25. The standard InChI is InChI=1S/C29H53N11O11/c1-14(31)22(44)37-17(7-4-5-11-30)24(46)38-18(8-6-12-34-29(32)33)25(47)39-19(9-10-21(42)43)26(48)40-20(13-41)27(49)35-15(2)23(45)36-16(3)28(50)51/h14-20,41H,4-13,30-31H2,1-3H3,(H,35,49)(H,36,45)(H,37,44)(H,38,46)(H,39,47)(H,40,48)(H,42,43)(H,50,51)(H4,32,33,34)/t14-,15-,16-,17-,18-,19-,20-/m0/s1. The molecule has 6 amide bonds. The molecule has 0 aromatic rings. The van der Waals surface area contributed by atoms with Crippen molar-refractivity contribution in [2.75, 3.05) is 19.7 Å². The number of carbonyl (C=O) groups excluding carboxylic acids is 6. The van der Waals surface area contributed by atoms with Gasteiger partial charge in [-0.2, -0.15) is 0 Å². The molecule has 22 nitrogen and oxygen atoms in total. The monoisotopic (exact) mass is 731 g/mol. The summed E-state index contributed by atoms with van der Waals surface area (Å²) in [5.74, 6) is -8.25. The zero-order valence-corrected chi connectivity index (χ0v) is 29.0. The fourth-order valence-corrected chi connectivity index (χ4v) is 4.16. The number of aliphatic carboxylic acids is 2. The van der Waals surface area contributed by atoms with Crippen LogP contribution in [0.5, 0.6) is 0 Å². The van der Waals surface area contributed by atoms with Crippen LogP contribution in [0.1, 0.15) is 65.7 Å². The molecule has 0 aromatic heterocycles. The van der Waals surface area contributed by atoms with Crippen molar-refractivity contribution in [2.24, 2.45) is 27.9 Å². The van der Waals surface area contributed by atoms with Gasteiger partial charge in [0.25, 0.3) is 0 Å². The highest BCUT2D eigenvalue weighted by molar-refractivity contribution is 5.97. The minimum Gasteiger partial charge on any atom is -0.481 e. The highest BCUT2D eigenvalue weighted by Crippen LogP contribution is 2.07. The van der Waals surface area contributed by atoms with Crippen LogP contribution in [0.2, 0.25) is 0 Å². The lowest BCUT2D eigenvalue weighted by molar-refractivity contribution is -0.142. The summed E-state index contributed by atoms with van der Waals surface area (Å²) in [4.78, 5) is 104. The van der Waals surface area contributed by atoms with Gasteiger partial charge in [0.1, 0.15) is 36.3 Å². The molecule has 0 fully saturated rings. The molecule has 0 aliphatic rings. The van der Waals surface area contributed by atoms with E-state index in [0.717, 1.165) is 0 Å². The number of aliphatic imine (C=N–C) groups is 1. The van der Waals surface area contributed by atoms with E-state index >= 15 is 0 Å². The quantitative estimate of drug-likeness (QED) is 0.0236. The second-order valence-electron chi connectivity index (χ2n) is 11.7. The number of guanidine groups is 1. The largest absolute Gasteiger partial charge is 0.481 e. The summed E-state index contributed by atoms with van der Waals surface area (Å²) in [6.07, 6.45) is 0.0783. The van der Waals surface area contributed by atoms with Gasteiger partial charge in [0, 0.05) is 13.0 Å². The van der Waals surface area contributed by atoms with Crippen molar-refractivity contribution >= 4 is 53.3 Å². The molecule has 0 heterocycles. The molecule has 7 atom stereocenters. The van der Waals surface area contributed by atoms with Gasteiger partial charge in [-0.1, -0.05) is 0 Å². The first-order valence-electron chi connectivity index (χ1n) is 16.2. The Labute approximate surface area is 294 Å². The van der Waals surface area contributed by atoms with Crippen molar-refractivity contribution in [3.63, 3.8) is 0 Å². The summed E-state index contributed by atoms with van der Waals surface area (Å²) in [7, 11) is 0. The minimum absolute atomic E-state index is 0.0468. The Morgan fingerprint density at radius 1 is 0.608 bits per heavy atom. The van der Waals surface area contributed by atoms with Crippen LogP contribution >= 0.6 is 0 Å². The molecule has 22 heteroatoms. The Balaban J connectivity index is 6.09. The lowest BCUT2D eigenvalue weighted by Crippen LogP contribution is -2.60. The highest BCUT2D eigenvalue weighted by atomic mass is 16.4. The molecule has 0 spiro atoms. The van der Waals surface area contributed by atoms with E-state index in [1.165, 1.54) is 20.8 Å². The maximum absolute atomic E-state index is 13.5. The Morgan fingerprint density at radius 3 is 1.51 bits per heavy atom. The van der Waals surface area contributed by atoms with E-state index < -0.39 is 109 Å². The van der Waals surface area contributed by atoms with Crippen LogP contribution < -0.4 is 54.8 Å². The first-order valence-corrected chi connectivity index (χ1v) is 16.2. The minimum atomic E-state index is -1.69. The van der Waals surface area contributed by atoms with Crippen molar-refractivity contribution in [2.45, 2.75) is 108 Å². The maximum Gasteiger partial charge on any atom is 0.325 e. The number of aliphatic hydroxyl groups is 1. The van der Waals surface area contributed by atoms with E-state index in [1.807, 2.05) is 0 Å². The van der Waals surface area contributed by atoms with E-state index in [4.69, 9.17) is 28.0 Å². The third-order valence-electron chi connectivity index (χ3n) is 7.15. The fraction of sp³-hybridized carbons (Fsp3) is 0.690. The SMILES string of the molecule is C[C@H](N)C(=O)N[C@@H](CCCCN)C(=O)N[C@@H](CCCN=C(N)N)C(=O)N[C@@H](CCC(=O)O)C(=O)N[C@@H](CO)C(=O)N[C@@H](C)C(=O)N[C@@H](C)C(=O)O. The summed E-state index contributed by atoms with van der Waals surface area (Å²) >= 11 is 0. The smallest absolute Gasteiger partial charge is 0.325 e. The average molecular weight is 732 g/mol. The number of unbranched alkanes of at least 4 members (excludes halogenated alkanes) is 1. The number of nitrogens with two attached hydrogens (primary N) is 4. The van der Waals surface area contributed by atoms with Crippen molar-refractivity contribution in [3.05, 3.63) is 0 Å². The molecule has 0 aliphatic carbocycles. The van der Waals surface area contributed by atoms with Crippen LogP contribution in [0, 0.1) is 0 Å². The number of aliphatic hydroxyl groups excluding tert-OH is 1. The van der Waals surface area contributed by atoms with Crippen LogP contribution in [0.15, 0.2) is 4.99 Å². The summed E-state index contributed by atoms with van der Waals surface area (Å²) in [6, 6.07) is -9.30. The van der Waals surface area contributed by atoms with E-state index in [1.54, 1.807) is 0 Å². The average Bonchev–Trinajstić information content (AvgIpc) is 3.05. The second-order valence-corrected chi connectivity index (χ2v) is 11.7. The number of hydrogen-bond donors (Lipinski definition) is 13. The summed E-state index contributed by atoms with van der Waals surface area (Å²) in [5.41, 5.74) is 21.9. The van der Waals surface area contributed by atoms with Crippen LogP contribution in [0.3, 0.4) is 0 Å². The Bertz CT molecular complexity index is 1240. The molecule has 290 valence electrons. The number of carbonyl (C=O) groups is 8. The van der Waals surface area contributed by atoms with Crippen LogP contribution in [0.4, 0.5) is 0 Å². The molecule has 0 unspecified atom stereocenters. The molecule has 17 N–H and O–H groups in total. The fourth-order valence-electron chi connectivity index (χ4n) is 4.16. The van der Waals surface area contributed by atoms with E-state index in [-0.39, 0.29) is 31.8 Å². The van der Waals surface area contributed by atoms with Gasteiger partial charge in [-0.15, -0.1) is 0 Å². The number of hydrogen-bond acceptors (Lipinski definition) is 12. The maximum atomic E-state index is 13.5. The van der Waals surface area contributed by atoms with Crippen LogP contribution in [0.25, 0.3) is 0 Å². The van der Waals surface area contributed by atoms with Gasteiger partial charge in [-0.05, 0) is 65.8 Å². The lowest BCUT2D eigenvalue weighted by Gasteiger charge is -2.26. The van der Waals surface area contributed by atoms with Gasteiger partial charge in [0.15, 0.2) is 5.96 Å². The van der Waals surface area contributed by atoms with Crippen LogP contribution in [-0.4, -0.2) is 131 Å². The normalized spacial score (nSPS) is 14.9. The molecule has 0 radical (unpaired) electrons. The van der Waals surface area contributed by atoms with E-state index in [9.17, 15) is 48.6 Å². The van der Waals surface area contributed by atoms with E-state index in [0.29, 0.717) is 19.4 Å². The van der Waals surface area contributed by atoms with Gasteiger partial charge in [-0.25, -0.2) is 0 Å². The number of carboxylic acid groups (broad SMARTS) is 2. The van der Waals surface area contributed by atoms with Gasteiger partial charge in [0.2, 0.25) is 35.4 Å². The van der Waals surface area contributed by atoms with Crippen LogP contribution in [-0.2, 0) is 38.4 Å². The second kappa shape index (κ2) is 24.1.